The van der Waals surface area contributed by atoms with Gasteiger partial charge in [-0.3, -0.25) is 0 Å². The van der Waals surface area contributed by atoms with Crippen LogP contribution in [0.2, 0.25) is 0 Å². The van der Waals surface area contributed by atoms with Crippen molar-refractivity contribution in [3.63, 3.8) is 0 Å². The van der Waals surface area contributed by atoms with Crippen molar-refractivity contribution in [2.45, 2.75) is 44.2 Å². The minimum absolute atomic E-state index is 0.0494. The molecule has 0 amide bonds. The molecule has 1 N–H and O–H groups in total. The molecular weight excluding hydrogens is 239 g/mol. The third kappa shape index (κ3) is 4.02. The smallest absolute Gasteiger partial charge is 0.126 e. The lowest BCUT2D eigenvalue weighted by Gasteiger charge is -2.38. The molecule has 1 atom stereocenters. The highest BCUT2D eigenvalue weighted by molar-refractivity contribution is 5.24. The van der Waals surface area contributed by atoms with Crippen molar-refractivity contribution in [3.05, 3.63) is 35.6 Å². The van der Waals surface area contributed by atoms with Crippen molar-refractivity contribution in [1.29, 1.82) is 0 Å². The number of halogens is 1. The molecule has 2 rings (SSSR count). The van der Waals surface area contributed by atoms with E-state index in [4.69, 9.17) is 0 Å². The van der Waals surface area contributed by atoms with E-state index in [2.05, 4.69) is 31.2 Å². The number of hydrogen-bond donors (Lipinski definition) is 1. The summed E-state index contributed by atoms with van der Waals surface area (Å²) in [4.78, 5) is 2.21. The second-order valence-corrected chi connectivity index (χ2v) is 6.05. The van der Waals surface area contributed by atoms with E-state index in [9.17, 15) is 4.39 Å². The number of nitrogens with zero attached hydrogens (tertiary/aromatic N) is 1. The van der Waals surface area contributed by atoms with E-state index in [1.54, 1.807) is 12.1 Å². The van der Waals surface area contributed by atoms with Gasteiger partial charge in [-0.1, -0.05) is 18.2 Å². The van der Waals surface area contributed by atoms with Gasteiger partial charge in [0, 0.05) is 12.1 Å². The van der Waals surface area contributed by atoms with Crippen molar-refractivity contribution >= 4 is 0 Å². The fraction of sp³-hybridized carbons (Fsp3) is 0.625. The van der Waals surface area contributed by atoms with E-state index in [0.717, 1.165) is 31.4 Å². The molecule has 1 aliphatic rings. The standard InChI is InChI=1S/C16H25FN2/c1-12(8-9-19(2)3)18-14-10-13(11-14)15-6-4-5-7-16(15)17/h4-7,12-14,18H,8-11H2,1-3H3. The van der Waals surface area contributed by atoms with Crippen LogP contribution in [0.25, 0.3) is 0 Å². The monoisotopic (exact) mass is 264 g/mol. The van der Waals surface area contributed by atoms with Gasteiger partial charge in [0.05, 0.1) is 0 Å². The van der Waals surface area contributed by atoms with Crippen LogP contribution in [-0.4, -0.2) is 37.6 Å². The maximum atomic E-state index is 13.6. The fourth-order valence-corrected chi connectivity index (χ4v) is 2.75. The topological polar surface area (TPSA) is 15.3 Å². The molecule has 0 saturated heterocycles. The Morgan fingerprint density at radius 2 is 2.00 bits per heavy atom. The van der Waals surface area contributed by atoms with Gasteiger partial charge in [0.2, 0.25) is 0 Å². The average molecular weight is 264 g/mol. The van der Waals surface area contributed by atoms with Crippen LogP contribution in [0.3, 0.4) is 0 Å². The van der Waals surface area contributed by atoms with E-state index in [1.165, 1.54) is 0 Å². The summed E-state index contributed by atoms with van der Waals surface area (Å²) in [5.41, 5.74) is 0.890. The molecule has 3 heteroatoms. The van der Waals surface area contributed by atoms with Crippen molar-refractivity contribution < 1.29 is 4.39 Å². The van der Waals surface area contributed by atoms with Gasteiger partial charge in [0.15, 0.2) is 0 Å². The van der Waals surface area contributed by atoms with Gasteiger partial charge in [-0.2, -0.15) is 0 Å². The third-order valence-corrected chi connectivity index (χ3v) is 4.01. The second kappa shape index (κ2) is 6.49. The van der Waals surface area contributed by atoms with Gasteiger partial charge in [-0.05, 0) is 64.4 Å². The molecule has 0 aromatic heterocycles. The molecular formula is C16H25FN2. The van der Waals surface area contributed by atoms with E-state index in [0.29, 0.717) is 18.0 Å². The Kier molecular flexibility index (Phi) is 4.94. The predicted octanol–water partition coefficient (Wildman–Crippen LogP) is 3.00. The highest BCUT2D eigenvalue weighted by Gasteiger charge is 2.32. The van der Waals surface area contributed by atoms with Crippen molar-refractivity contribution in [2.24, 2.45) is 0 Å². The molecule has 0 radical (unpaired) electrons. The number of benzene rings is 1. The first kappa shape index (κ1) is 14.5. The SMILES string of the molecule is CC(CCN(C)C)NC1CC(c2ccccc2F)C1. The highest BCUT2D eigenvalue weighted by atomic mass is 19.1. The molecule has 0 aliphatic heterocycles. The zero-order valence-electron chi connectivity index (χ0n) is 12.2. The van der Waals surface area contributed by atoms with Gasteiger partial charge in [-0.25, -0.2) is 4.39 Å². The Hall–Kier alpha value is -0.930. The van der Waals surface area contributed by atoms with E-state index in [1.807, 2.05) is 12.1 Å². The summed E-state index contributed by atoms with van der Waals surface area (Å²) in [6, 6.07) is 8.27. The molecule has 1 unspecified atom stereocenters. The second-order valence-electron chi connectivity index (χ2n) is 6.05. The molecule has 0 spiro atoms. The molecule has 1 aromatic carbocycles. The molecule has 1 aliphatic carbocycles. The first-order chi connectivity index (χ1) is 9.06. The summed E-state index contributed by atoms with van der Waals surface area (Å²) >= 11 is 0. The van der Waals surface area contributed by atoms with Crippen LogP contribution in [0.5, 0.6) is 0 Å². The molecule has 1 fully saturated rings. The molecule has 19 heavy (non-hydrogen) atoms. The molecule has 0 heterocycles. The van der Waals surface area contributed by atoms with Crippen molar-refractivity contribution in [3.8, 4) is 0 Å². The number of hydrogen-bond acceptors (Lipinski definition) is 2. The normalized spacial score (nSPS) is 24.3. The average Bonchev–Trinajstić information content (AvgIpc) is 2.32. The van der Waals surface area contributed by atoms with Crippen LogP contribution in [0.15, 0.2) is 24.3 Å². The van der Waals surface area contributed by atoms with Crippen LogP contribution < -0.4 is 5.32 Å². The summed E-state index contributed by atoms with van der Waals surface area (Å²) in [5.74, 6) is 0.353. The summed E-state index contributed by atoms with van der Waals surface area (Å²) in [7, 11) is 4.20. The Labute approximate surface area is 116 Å². The van der Waals surface area contributed by atoms with Gasteiger partial charge in [0.25, 0.3) is 0 Å². The molecule has 106 valence electrons. The molecule has 1 aromatic rings. The highest BCUT2D eigenvalue weighted by Crippen LogP contribution is 2.38. The molecule has 2 nitrogen and oxygen atoms in total. The van der Waals surface area contributed by atoms with Gasteiger partial charge in [0.1, 0.15) is 5.82 Å². The summed E-state index contributed by atoms with van der Waals surface area (Å²) in [6.45, 7) is 3.34. The van der Waals surface area contributed by atoms with Crippen molar-refractivity contribution in [1.82, 2.24) is 10.2 Å². The zero-order valence-corrected chi connectivity index (χ0v) is 12.2. The van der Waals surface area contributed by atoms with E-state index >= 15 is 0 Å². The zero-order chi connectivity index (χ0) is 13.8. The van der Waals surface area contributed by atoms with Gasteiger partial charge >= 0.3 is 0 Å². The minimum Gasteiger partial charge on any atom is -0.311 e. The largest absolute Gasteiger partial charge is 0.311 e. The lowest BCUT2D eigenvalue weighted by atomic mass is 9.75. The first-order valence-corrected chi connectivity index (χ1v) is 7.21. The summed E-state index contributed by atoms with van der Waals surface area (Å²) in [5, 5.41) is 3.64. The predicted molar refractivity (Wildman–Crippen MR) is 77.9 cm³/mol. The minimum atomic E-state index is -0.0494. The van der Waals surface area contributed by atoms with E-state index in [-0.39, 0.29) is 5.82 Å². The first-order valence-electron chi connectivity index (χ1n) is 7.21. The maximum Gasteiger partial charge on any atom is 0.126 e. The molecule has 0 bridgehead atoms. The number of rotatable bonds is 6. The number of nitrogens with one attached hydrogen (secondary N) is 1. The van der Waals surface area contributed by atoms with Crippen LogP contribution in [0.1, 0.15) is 37.7 Å². The lowest BCUT2D eigenvalue weighted by Crippen LogP contribution is -2.45. The summed E-state index contributed by atoms with van der Waals surface area (Å²) in [6.07, 6.45) is 3.29. The lowest BCUT2D eigenvalue weighted by molar-refractivity contribution is 0.252. The van der Waals surface area contributed by atoms with Crippen LogP contribution in [0.4, 0.5) is 4.39 Å². The summed E-state index contributed by atoms with van der Waals surface area (Å²) < 4.78 is 13.6. The Morgan fingerprint density at radius 1 is 1.32 bits per heavy atom. The third-order valence-electron chi connectivity index (χ3n) is 4.01. The fourth-order valence-electron chi connectivity index (χ4n) is 2.75. The van der Waals surface area contributed by atoms with Gasteiger partial charge in [-0.15, -0.1) is 0 Å². The van der Waals surface area contributed by atoms with E-state index < -0.39 is 0 Å². The maximum absolute atomic E-state index is 13.6. The Balaban J connectivity index is 1.73. The van der Waals surface area contributed by atoms with Crippen LogP contribution in [-0.2, 0) is 0 Å². The quantitative estimate of drug-likeness (QED) is 0.849. The van der Waals surface area contributed by atoms with Crippen LogP contribution in [0, 0.1) is 5.82 Å². The van der Waals surface area contributed by atoms with Crippen molar-refractivity contribution in [2.75, 3.05) is 20.6 Å². The van der Waals surface area contributed by atoms with Crippen LogP contribution >= 0.6 is 0 Å². The Bertz CT molecular complexity index is 399. The Morgan fingerprint density at radius 3 is 2.63 bits per heavy atom. The molecule has 1 saturated carbocycles. The van der Waals surface area contributed by atoms with Gasteiger partial charge < -0.3 is 10.2 Å².